The zero-order valence-corrected chi connectivity index (χ0v) is 14.4. The van der Waals surface area contributed by atoms with E-state index in [9.17, 15) is 4.79 Å². The van der Waals surface area contributed by atoms with Gasteiger partial charge in [0.15, 0.2) is 0 Å². The molecule has 0 bridgehead atoms. The van der Waals surface area contributed by atoms with Crippen LogP contribution in [0.2, 0.25) is 0 Å². The van der Waals surface area contributed by atoms with Crippen LogP contribution >= 0.6 is 0 Å². The maximum atomic E-state index is 12.2. The third kappa shape index (κ3) is 3.48. The van der Waals surface area contributed by atoms with Gasteiger partial charge in [-0.15, -0.1) is 0 Å². The van der Waals surface area contributed by atoms with Gasteiger partial charge in [0.05, 0.1) is 23.8 Å². The van der Waals surface area contributed by atoms with Crippen LogP contribution < -0.4 is 5.32 Å². The van der Waals surface area contributed by atoms with E-state index in [1.807, 2.05) is 43.6 Å². The fraction of sp³-hybridized carbons (Fsp3) is 0.300. The third-order valence-corrected chi connectivity index (χ3v) is 4.30. The molecular weight excluding hydrogens is 298 g/mol. The lowest BCUT2D eigenvalue weighted by atomic mass is 10.1. The summed E-state index contributed by atoms with van der Waals surface area (Å²) in [6, 6.07) is 14.5. The first-order valence-electron chi connectivity index (χ1n) is 8.31. The van der Waals surface area contributed by atoms with E-state index in [1.54, 1.807) is 0 Å². The van der Waals surface area contributed by atoms with Gasteiger partial charge in [0.2, 0.25) is 5.91 Å². The molecule has 0 aliphatic carbocycles. The summed E-state index contributed by atoms with van der Waals surface area (Å²) in [4.78, 5) is 16.6. The highest BCUT2D eigenvalue weighted by Gasteiger charge is 2.08. The van der Waals surface area contributed by atoms with Crippen molar-refractivity contribution in [1.29, 1.82) is 0 Å². The summed E-state index contributed by atoms with van der Waals surface area (Å²) in [5.74, 6) is 0.0390. The van der Waals surface area contributed by atoms with E-state index < -0.39 is 0 Å². The predicted molar refractivity (Wildman–Crippen MR) is 96.8 cm³/mol. The Morgan fingerprint density at radius 3 is 2.75 bits per heavy atom. The molecule has 124 valence electrons. The van der Waals surface area contributed by atoms with Crippen LogP contribution in [0.15, 0.2) is 48.8 Å². The minimum atomic E-state index is 0.0390. The quantitative estimate of drug-likeness (QED) is 0.777. The average molecular weight is 321 g/mol. The molecule has 3 rings (SSSR count). The van der Waals surface area contributed by atoms with Gasteiger partial charge in [0.1, 0.15) is 0 Å². The minimum Gasteiger partial charge on any atom is -0.352 e. The van der Waals surface area contributed by atoms with E-state index in [-0.39, 0.29) is 5.91 Å². The zero-order chi connectivity index (χ0) is 17.1. The molecule has 4 nitrogen and oxygen atoms in total. The minimum absolute atomic E-state index is 0.0390. The number of fused-ring (bicyclic) bond motifs is 1. The van der Waals surface area contributed by atoms with Gasteiger partial charge in [-0.3, -0.25) is 4.79 Å². The summed E-state index contributed by atoms with van der Waals surface area (Å²) < 4.78 is 2.15. The van der Waals surface area contributed by atoms with Crippen molar-refractivity contribution in [3.8, 4) is 0 Å². The number of benzene rings is 2. The maximum Gasteiger partial charge on any atom is 0.224 e. The molecule has 0 fully saturated rings. The van der Waals surface area contributed by atoms with E-state index in [0.717, 1.165) is 27.7 Å². The van der Waals surface area contributed by atoms with E-state index in [4.69, 9.17) is 0 Å². The summed E-state index contributed by atoms with van der Waals surface area (Å²) in [6.45, 7) is 6.83. The monoisotopic (exact) mass is 321 g/mol. The van der Waals surface area contributed by atoms with E-state index in [2.05, 4.69) is 40.8 Å². The molecule has 24 heavy (non-hydrogen) atoms. The van der Waals surface area contributed by atoms with Crippen LogP contribution in [0.3, 0.4) is 0 Å². The average Bonchev–Trinajstić information content (AvgIpc) is 2.98. The van der Waals surface area contributed by atoms with Crippen LogP contribution in [-0.4, -0.2) is 15.5 Å². The molecule has 1 N–H and O–H groups in total. The molecule has 4 heteroatoms. The highest BCUT2D eigenvalue weighted by Crippen LogP contribution is 2.18. The van der Waals surface area contributed by atoms with Crippen LogP contribution in [0.25, 0.3) is 11.0 Å². The number of nitrogens with one attached hydrogen (secondary N) is 1. The molecule has 1 heterocycles. The Kier molecular flexibility index (Phi) is 4.65. The smallest absolute Gasteiger partial charge is 0.224 e. The lowest BCUT2D eigenvalue weighted by molar-refractivity contribution is -0.120. The summed E-state index contributed by atoms with van der Waals surface area (Å²) in [5, 5.41) is 3.00. The van der Waals surface area contributed by atoms with Gasteiger partial charge >= 0.3 is 0 Å². The van der Waals surface area contributed by atoms with Gasteiger partial charge in [0, 0.05) is 12.6 Å². The van der Waals surface area contributed by atoms with Gasteiger partial charge in [-0.1, -0.05) is 30.3 Å². The number of nitrogens with zero attached hydrogens (tertiary/aromatic N) is 2. The summed E-state index contributed by atoms with van der Waals surface area (Å²) in [5.41, 5.74) is 5.37. The number of aromatic nitrogens is 2. The van der Waals surface area contributed by atoms with Crippen molar-refractivity contribution in [3.05, 3.63) is 65.5 Å². The fourth-order valence-electron chi connectivity index (χ4n) is 2.84. The second-order valence-corrected chi connectivity index (χ2v) is 6.45. The number of carbonyl (C=O) groups is 1. The number of rotatable bonds is 5. The van der Waals surface area contributed by atoms with Gasteiger partial charge in [-0.05, 0) is 49.6 Å². The zero-order valence-electron chi connectivity index (χ0n) is 14.4. The van der Waals surface area contributed by atoms with Crippen molar-refractivity contribution in [2.24, 2.45) is 0 Å². The molecule has 0 saturated carbocycles. The summed E-state index contributed by atoms with van der Waals surface area (Å²) in [6.07, 6.45) is 2.28. The first kappa shape index (κ1) is 16.2. The van der Waals surface area contributed by atoms with Crippen molar-refractivity contribution in [3.63, 3.8) is 0 Å². The molecule has 0 spiro atoms. The predicted octanol–water partition coefficient (Wildman–Crippen LogP) is 3.78. The fourth-order valence-corrected chi connectivity index (χ4v) is 2.84. The van der Waals surface area contributed by atoms with E-state index in [1.165, 1.54) is 0 Å². The topological polar surface area (TPSA) is 46.9 Å². The largest absolute Gasteiger partial charge is 0.352 e. The van der Waals surface area contributed by atoms with Crippen molar-refractivity contribution in [2.75, 3.05) is 0 Å². The first-order valence-corrected chi connectivity index (χ1v) is 8.31. The Bertz CT molecular complexity index is 864. The number of aryl methyl sites for hydroxylation is 1. The van der Waals surface area contributed by atoms with Gasteiger partial charge in [-0.2, -0.15) is 0 Å². The highest BCUT2D eigenvalue weighted by molar-refractivity contribution is 5.79. The molecule has 0 unspecified atom stereocenters. The van der Waals surface area contributed by atoms with E-state index >= 15 is 0 Å². The Balaban J connectivity index is 1.65. The molecule has 2 aromatic carbocycles. The highest BCUT2D eigenvalue weighted by atomic mass is 16.1. The number of amides is 1. The van der Waals surface area contributed by atoms with Crippen molar-refractivity contribution < 1.29 is 4.79 Å². The van der Waals surface area contributed by atoms with Gasteiger partial charge in [-0.25, -0.2) is 4.98 Å². The standard InChI is InChI=1S/C20H23N3O/c1-14(2)23-13-22-18-10-16(8-9-19(18)23)12-21-20(24)11-17-7-5-4-6-15(17)3/h4-10,13-14H,11-12H2,1-3H3,(H,21,24). The molecule has 1 aromatic heterocycles. The second-order valence-electron chi connectivity index (χ2n) is 6.45. The molecule has 0 aliphatic rings. The van der Waals surface area contributed by atoms with E-state index in [0.29, 0.717) is 19.0 Å². The van der Waals surface area contributed by atoms with Crippen molar-refractivity contribution in [1.82, 2.24) is 14.9 Å². The number of hydrogen-bond acceptors (Lipinski definition) is 2. The second kappa shape index (κ2) is 6.87. The molecular formula is C20H23N3O. The van der Waals surface area contributed by atoms with Gasteiger partial charge in [0.25, 0.3) is 0 Å². The lowest BCUT2D eigenvalue weighted by Gasteiger charge is -2.09. The van der Waals surface area contributed by atoms with Crippen molar-refractivity contribution in [2.45, 2.75) is 39.8 Å². The molecule has 0 aliphatic heterocycles. The number of hydrogen-bond donors (Lipinski definition) is 1. The SMILES string of the molecule is Cc1ccccc1CC(=O)NCc1ccc2c(c1)ncn2C(C)C. The molecule has 3 aromatic rings. The van der Waals surface area contributed by atoms with Crippen LogP contribution in [0, 0.1) is 6.92 Å². The Labute approximate surface area is 142 Å². The molecule has 0 atom stereocenters. The van der Waals surface area contributed by atoms with Crippen LogP contribution in [0.4, 0.5) is 0 Å². The van der Waals surface area contributed by atoms with Crippen LogP contribution in [0.5, 0.6) is 0 Å². The Hall–Kier alpha value is -2.62. The van der Waals surface area contributed by atoms with Crippen LogP contribution in [-0.2, 0) is 17.8 Å². The maximum absolute atomic E-state index is 12.2. The lowest BCUT2D eigenvalue weighted by Crippen LogP contribution is -2.24. The van der Waals surface area contributed by atoms with Gasteiger partial charge < -0.3 is 9.88 Å². The summed E-state index contributed by atoms with van der Waals surface area (Å²) in [7, 11) is 0. The normalized spacial score (nSPS) is 11.2. The number of carbonyl (C=O) groups excluding carboxylic acids is 1. The molecule has 0 saturated heterocycles. The Morgan fingerprint density at radius 2 is 2.00 bits per heavy atom. The van der Waals surface area contributed by atoms with Crippen molar-refractivity contribution >= 4 is 16.9 Å². The Morgan fingerprint density at radius 1 is 1.21 bits per heavy atom. The summed E-state index contributed by atoms with van der Waals surface area (Å²) >= 11 is 0. The molecule has 0 radical (unpaired) electrons. The first-order chi connectivity index (χ1) is 11.5. The molecule has 1 amide bonds. The van der Waals surface area contributed by atoms with Crippen LogP contribution in [0.1, 0.15) is 36.6 Å². The third-order valence-electron chi connectivity index (χ3n) is 4.30. The number of imidazole rings is 1.